The first-order valence-corrected chi connectivity index (χ1v) is 13.2. The maximum atomic E-state index is 13.2. The number of anilines is 1. The number of carbonyl (C=O) groups is 2. The van der Waals surface area contributed by atoms with Crippen molar-refractivity contribution >= 4 is 62.6 Å². The van der Waals surface area contributed by atoms with E-state index >= 15 is 0 Å². The van der Waals surface area contributed by atoms with Gasteiger partial charge in [-0.2, -0.15) is 8.42 Å². The number of thiocarbonyl (C=S) groups is 1. The van der Waals surface area contributed by atoms with Crippen LogP contribution in [0.2, 0.25) is 5.02 Å². The van der Waals surface area contributed by atoms with Crippen molar-refractivity contribution in [1.82, 2.24) is 5.32 Å². The molecule has 0 bridgehead atoms. The van der Waals surface area contributed by atoms with Crippen LogP contribution in [-0.2, 0) is 19.7 Å². The van der Waals surface area contributed by atoms with E-state index in [0.29, 0.717) is 11.3 Å². The summed E-state index contributed by atoms with van der Waals surface area (Å²) in [5.74, 6) is -1.50. The molecule has 0 saturated carbocycles. The Kier molecular flexibility index (Phi) is 7.63. The molecule has 3 aromatic carbocycles. The molecule has 0 aromatic heterocycles. The number of benzene rings is 3. The number of ether oxygens (including phenoxy) is 1. The first-order valence-electron chi connectivity index (χ1n) is 11.0. The summed E-state index contributed by atoms with van der Waals surface area (Å²) >= 11 is 11.6. The molecule has 1 aliphatic rings. The van der Waals surface area contributed by atoms with E-state index in [4.69, 9.17) is 32.7 Å². The van der Waals surface area contributed by atoms with Crippen molar-refractivity contribution in [2.45, 2.75) is 18.7 Å². The minimum atomic E-state index is -4.21. The van der Waals surface area contributed by atoms with Crippen molar-refractivity contribution in [2.24, 2.45) is 0 Å². The fraction of sp³-hybridized carbons (Fsp3) is 0.115. The zero-order valence-corrected chi connectivity index (χ0v) is 22.1. The fourth-order valence-corrected chi connectivity index (χ4v) is 5.05. The molecular weight excluding hydrogens is 536 g/mol. The van der Waals surface area contributed by atoms with E-state index in [0.717, 1.165) is 5.56 Å². The van der Waals surface area contributed by atoms with Gasteiger partial charge < -0.3 is 8.92 Å². The van der Waals surface area contributed by atoms with Crippen molar-refractivity contribution in [2.75, 3.05) is 11.5 Å². The summed E-state index contributed by atoms with van der Waals surface area (Å²) in [6, 6.07) is 17.6. The zero-order chi connectivity index (χ0) is 26.7. The molecule has 1 heterocycles. The number of nitrogens with one attached hydrogen (secondary N) is 1. The molecule has 1 fully saturated rings. The number of halogens is 1. The van der Waals surface area contributed by atoms with Gasteiger partial charge in [-0.25, -0.2) is 0 Å². The third kappa shape index (κ3) is 5.66. The molecule has 0 aliphatic carbocycles. The number of nitrogens with zero attached hydrogens (tertiary/aromatic N) is 1. The molecular formula is C26H21ClN2O6S2. The Labute approximate surface area is 224 Å². The highest BCUT2D eigenvalue weighted by Crippen LogP contribution is 2.39. The van der Waals surface area contributed by atoms with Crippen LogP contribution in [0.25, 0.3) is 6.08 Å². The molecule has 1 saturated heterocycles. The van der Waals surface area contributed by atoms with Crippen LogP contribution in [0.3, 0.4) is 0 Å². The number of hydrogen-bond acceptors (Lipinski definition) is 7. The van der Waals surface area contributed by atoms with Gasteiger partial charge in [-0.3, -0.25) is 19.8 Å². The van der Waals surface area contributed by atoms with Crippen LogP contribution in [-0.4, -0.2) is 32.0 Å². The molecule has 1 aliphatic heterocycles. The molecule has 0 radical (unpaired) electrons. The second-order valence-corrected chi connectivity index (χ2v) is 10.2. The number of hydrogen-bond donors (Lipinski definition) is 1. The third-order valence-corrected chi connectivity index (χ3v) is 7.06. The molecule has 0 spiro atoms. The summed E-state index contributed by atoms with van der Waals surface area (Å²) in [4.78, 5) is 27.0. The highest BCUT2D eigenvalue weighted by Gasteiger charge is 2.34. The predicted molar refractivity (Wildman–Crippen MR) is 144 cm³/mol. The van der Waals surface area contributed by atoms with E-state index in [1.54, 1.807) is 49.4 Å². The van der Waals surface area contributed by atoms with Crippen molar-refractivity contribution < 1.29 is 26.9 Å². The summed E-state index contributed by atoms with van der Waals surface area (Å²) in [5.41, 5.74) is 1.49. The molecule has 8 nitrogen and oxygen atoms in total. The molecule has 190 valence electrons. The molecule has 37 heavy (non-hydrogen) atoms. The first kappa shape index (κ1) is 26.3. The van der Waals surface area contributed by atoms with Crippen LogP contribution in [0, 0.1) is 6.92 Å². The van der Waals surface area contributed by atoms with Gasteiger partial charge in [0.15, 0.2) is 10.9 Å². The second-order valence-electron chi connectivity index (χ2n) is 7.91. The quantitative estimate of drug-likeness (QED) is 0.196. The lowest BCUT2D eigenvalue weighted by Gasteiger charge is -2.28. The monoisotopic (exact) mass is 556 g/mol. The van der Waals surface area contributed by atoms with Crippen LogP contribution in [0.4, 0.5) is 5.69 Å². The number of rotatable bonds is 7. The lowest BCUT2D eigenvalue weighted by atomic mass is 10.1. The maximum Gasteiger partial charge on any atom is 0.339 e. The maximum absolute atomic E-state index is 13.2. The van der Waals surface area contributed by atoms with Crippen molar-refractivity contribution in [1.29, 1.82) is 0 Å². The third-order valence-electron chi connectivity index (χ3n) is 5.26. The van der Waals surface area contributed by atoms with E-state index in [9.17, 15) is 18.0 Å². The van der Waals surface area contributed by atoms with Crippen molar-refractivity contribution in [3.63, 3.8) is 0 Å². The van der Waals surface area contributed by atoms with Gasteiger partial charge in [0.05, 0.1) is 17.3 Å². The van der Waals surface area contributed by atoms with Gasteiger partial charge in [0.1, 0.15) is 10.5 Å². The topological polar surface area (TPSA) is 102 Å². The number of para-hydroxylation sites is 1. The standard InChI is InChI=1S/C26H21ClN2O6S2/c1-3-34-22-15-17(14-21(27)23(22)35-37(32,33)19-11-9-16(2)10-12-19)13-20-24(30)28-26(36)29(25(20)31)18-7-5-4-6-8-18/h4-15H,3H2,1-2H3,(H,28,30,36)/b20-13-. The molecule has 3 aromatic rings. The highest BCUT2D eigenvalue weighted by atomic mass is 35.5. The summed E-state index contributed by atoms with van der Waals surface area (Å²) in [6.07, 6.45) is 1.32. The van der Waals surface area contributed by atoms with E-state index in [-0.39, 0.29) is 38.7 Å². The van der Waals surface area contributed by atoms with E-state index in [2.05, 4.69) is 5.32 Å². The SMILES string of the molecule is CCOc1cc(/C=C2/C(=O)NC(=S)N(c3ccccc3)C2=O)cc(Cl)c1OS(=O)(=O)c1ccc(C)cc1. The van der Waals surface area contributed by atoms with Gasteiger partial charge in [0.25, 0.3) is 11.8 Å². The average Bonchev–Trinajstić information content (AvgIpc) is 2.85. The summed E-state index contributed by atoms with van der Waals surface area (Å²) in [7, 11) is -4.21. The summed E-state index contributed by atoms with van der Waals surface area (Å²) in [5, 5.41) is 2.37. The predicted octanol–water partition coefficient (Wildman–Crippen LogP) is 4.65. The zero-order valence-electron chi connectivity index (χ0n) is 19.7. The Morgan fingerprint density at radius 2 is 1.73 bits per heavy atom. The molecule has 2 amide bonds. The molecule has 4 rings (SSSR count). The van der Waals surface area contributed by atoms with Gasteiger partial charge >= 0.3 is 10.1 Å². The Hall–Kier alpha value is -3.73. The van der Waals surface area contributed by atoms with Crippen LogP contribution < -0.4 is 19.1 Å². The Morgan fingerprint density at radius 1 is 1.05 bits per heavy atom. The minimum Gasteiger partial charge on any atom is -0.490 e. The highest BCUT2D eigenvalue weighted by molar-refractivity contribution is 7.87. The summed E-state index contributed by atoms with van der Waals surface area (Å²) in [6.45, 7) is 3.71. The van der Waals surface area contributed by atoms with Gasteiger partial charge in [-0.05, 0) is 74.1 Å². The van der Waals surface area contributed by atoms with Gasteiger partial charge in [-0.15, -0.1) is 0 Å². The Balaban J connectivity index is 1.72. The van der Waals surface area contributed by atoms with Gasteiger partial charge in [-0.1, -0.05) is 47.5 Å². The number of aryl methyl sites for hydroxylation is 1. The van der Waals surface area contributed by atoms with Crippen LogP contribution in [0.15, 0.2) is 77.2 Å². The normalized spacial score (nSPS) is 15.1. The number of amides is 2. The van der Waals surface area contributed by atoms with Crippen LogP contribution in [0.5, 0.6) is 11.5 Å². The van der Waals surface area contributed by atoms with E-state index in [1.165, 1.54) is 35.2 Å². The largest absolute Gasteiger partial charge is 0.490 e. The number of carbonyl (C=O) groups excluding carboxylic acids is 2. The van der Waals surface area contributed by atoms with Crippen molar-refractivity contribution in [3.05, 3.63) is 88.5 Å². The Bertz CT molecular complexity index is 1520. The molecule has 0 unspecified atom stereocenters. The van der Waals surface area contributed by atoms with E-state index < -0.39 is 21.9 Å². The lowest BCUT2D eigenvalue weighted by molar-refractivity contribution is -0.122. The minimum absolute atomic E-state index is 0.0247. The smallest absolute Gasteiger partial charge is 0.339 e. The molecule has 1 N–H and O–H groups in total. The van der Waals surface area contributed by atoms with Gasteiger partial charge in [0.2, 0.25) is 5.75 Å². The van der Waals surface area contributed by atoms with Gasteiger partial charge in [0, 0.05) is 0 Å². The van der Waals surface area contributed by atoms with Crippen LogP contribution in [0.1, 0.15) is 18.1 Å². The Morgan fingerprint density at radius 3 is 2.38 bits per heavy atom. The van der Waals surface area contributed by atoms with Crippen molar-refractivity contribution in [3.8, 4) is 11.5 Å². The second kappa shape index (κ2) is 10.7. The molecule has 0 atom stereocenters. The average molecular weight is 557 g/mol. The van der Waals surface area contributed by atoms with E-state index in [1.807, 2.05) is 6.92 Å². The van der Waals surface area contributed by atoms with Crippen LogP contribution >= 0.6 is 23.8 Å². The molecule has 11 heteroatoms. The fourth-order valence-electron chi connectivity index (χ4n) is 3.51. The summed E-state index contributed by atoms with van der Waals surface area (Å²) < 4.78 is 36.6. The lowest BCUT2D eigenvalue weighted by Crippen LogP contribution is -2.54. The first-order chi connectivity index (χ1) is 17.6.